The predicted octanol–water partition coefficient (Wildman–Crippen LogP) is 0.207. The molecule has 0 fully saturated rings. The van der Waals surface area contributed by atoms with Crippen LogP contribution in [0.25, 0.3) is 0 Å². The molecule has 13 heavy (non-hydrogen) atoms. The molecule has 0 amide bonds. The van der Waals surface area contributed by atoms with Crippen molar-refractivity contribution >= 4 is 10.0 Å². The van der Waals surface area contributed by atoms with Gasteiger partial charge >= 0.3 is 0 Å². The second-order valence-electron chi connectivity index (χ2n) is 2.79. The zero-order valence-electron chi connectivity index (χ0n) is 7.94. The molecule has 0 spiro atoms. The molecule has 0 unspecified atom stereocenters. The number of aliphatic hydroxyl groups is 1. The Labute approximate surface area is 79.9 Å². The maximum atomic E-state index is 11.3. The molecule has 0 aliphatic rings. The summed E-state index contributed by atoms with van der Waals surface area (Å²) in [6, 6.07) is 0. The molecular weight excluding hydrogens is 190 g/mol. The molecule has 0 saturated carbocycles. The van der Waals surface area contributed by atoms with Crippen LogP contribution in [0.15, 0.2) is 12.7 Å². The van der Waals surface area contributed by atoms with Crippen LogP contribution in [0, 0.1) is 0 Å². The lowest BCUT2D eigenvalue weighted by molar-refractivity contribution is 0.316. The zero-order chi connectivity index (χ0) is 10.3. The second-order valence-corrected chi connectivity index (χ2v) is 4.99. The van der Waals surface area contributed by atoms with E-state index in [1.807, 2.05) is 0 Å². The normalized spacial score (nSPS) is 11.9. The fourth-order valence-electron chi connectivity index (χ4n) is 0.869. The fraction of sp³-hybridized carbons (Fsp3) is 0.750. The molecule has 5 heteroatoms. The highest BCUT2D eigenvalue weighted by Crippen LogP contribution is 2.00. The SMILES string of the molecule is C=CCCCN(C)S(=O)(=O)CCO. The van der Waals surface area contributed by atoms with E-state index in [-0.39, 0.29) is 12.4 Å². The van der Waals surface area contributed by atoms with Crippen molar-refractivity contribution < 1.29 is 13.5 Å². The first-order valence-electron chi connectivity index (χ1n) is 4.20. The molecule has 0 bridgehead atoms. The molecule has 0 saturated heterocycles. The standard InChI is InChI=1S/C8H17NO3S/c1-3-4-5-6-9(2)13(11,12)8-7-10/h3,10H,1,4-8H2,2H3. The van der Waals surface area contributed by atoms with Gasteiger partial charge in [0.15, 0.2) is 0 Å². The van der Waals surface area contributed by atoms with Crippen molar-refractivity contribution in [2.45, 2.75) is 12.8 Å². The average Bonchev–Trinajstić information content (AvgIpc) is 2.04. The first kappa shape index (κ1) is 12.6. The van der Waals surface area contributed by atoms with Crippen LogP contribution in [0.3, 0.4) is 0 Å². The minimum atomic E-state index is -3.24. The van der Waals surface area contributed by atoms with Gasteiger partial charge in [-0.25, -0.2) is 12.7 Å². The highest BCUT2D eigenvalue weighted by Gasteiger charge is 2.15. The number of aliphatic hydroxyl groups excluding tert-OH is 1. The molecule has 4 nitrogen and oxygen atoms in total. The molecule has 0 aliphatic heterocycles. The number of rotatable bonds is 7. The van der Waals surface area contributed by atoms with Gasteiger partial charge in [0.25, 0.3) is 0 Å². The van der Waals surface area contributed by atoms with Gasteiger partial charge in [0.1, 0.15) is 0 Å². The number of hydrogen-bond donors (Lipinski definition) is 1. The minimum Gasteiger partial charge on any atom is -0.395 e. The van der Waals surface area contributed by atoms with Gasteiger partial charge in [-0.05, 0) is 12.8 Å². The Balaban J connectivity index is 3.94. The van der Waals surface area contributed by atoms with E-state index in [4.69, 9.17) is 5.11 Å². The van der Waals surface area contributed by atoms with Crippen molar-refractivity contribution in [3.05, 3.63) is 12.7 Å². The second kappa shape index (κ2) is 6.12. The van der Waals surface area contributed by atoms with Gasteiger partial charge in [-0.2, -0.15) is 0 Å². The van der Waals surface area contributed by atoms with Crippen molar-refractivity contribution in [2.75, 3.05) is 26.0 Å². The molecule has 0 radical (unpaired) electrons. The van der Waals surface area contributed by atoms with Crippen LogP contribution in [0.5, 0.6) is 0 Å². The van der Waals surface area contributed by atoms with Crippen molar-refractivity contribution in [1.82, 2.24) is 4.31 Å². The third-order valence-electron chi connectivity index (χ3n) is 1.71. The smallest absolute Gasteiger partial charge is 0.216 e. The van der Waals surface area contributed by atoms with Gasteiger partial charge in [-0.15, -0.1) is 6.58 Å². The summed E-state index contributed by atoms with van der Waals surface area (Å²) in [7, 11) is -1.72. The number of nitrogens with zero attached hydrogens (tertiary/aromatic N) is 1. The van der Waals surface area contributed by atoms with Crippen LogP contribution >= 0.6 is 0 Å². The van der Waals surface area contributed by atoms with Crippen LogP contribution in [-0.2, 0) is 10.0 Å². The van der Waals surface area contributed by atoms with Gasteiger partial charge in [-0.1, -0.05) is 6.08 Å². The number of allylic oxidation sites excluding steroid dienone is 1. The van der Waals surface area contributed by atoms with E-state index in [9.17, 15) is 8.42 Å². The minimum absolute atomic E-state index is 0.197. The van der Waals surface area contributed by atoms with Gasteiger partial charge in [-0.3, -0.25) is 0 Å². The molecule has 0 aromatic rings. The number of hydrogen-bond acceptors (Lipinski definition) is 3. The maximum absolute atomic E-state index is 11.3. The lowest BCUT2D eigenvalue weighted by atomic mass is 10.3. The first-order valence-corrected chi connectivity index (χ1v) is 5.81. The van der Waals surface area contributed by atoms with E-state index >= 15 is 0 Å². The van der Waals surface area contributed by atoms with Crippen LogP contribution in [-0.4, -0.2) is 43.8 Å². The molecular formula is C8H17NO3S. The zero-order valence-corrected chi connectivity index (χ0v) is 8.76. The van der Waals surface area contributed by atoms with E-state index in [0.717, 1.165) is 12.8 Å². The summed E-state index contributed by atoms with van der Waals surface area (Å²) in [5, 5.41) is 8.50. The Morgan fingerprint density at radius 2 is 2.15 bits per heavy atom. The van der Waals surface area contributed by atoms with E-state index in [1.54, 1.807) is 6.08 Å². The Hall–Kier alpha value is -0.390. The maximum Gasteiger partial charge on any atom is 0.216 e. The van der Waals surface area contributed by atoms with Crippen LogP contribution in [0.4, 0.5) is 0 Å². The third kappa shape index (κ3) is 5.02. The summed E-state index contributed by atoms with van der Waals surface area (Å²) in [5.74, 6) is -0.197. The first-order chi connectivity index (χ1) is 6.04. The third-order valence-corrected chi connectivity index (χ3v) is 3.54. The topological polar surface area (TPSA) is 57.6 Å². The molecule has 0 aromatic heterocycles. The van der Waals surface area contributed by atoms with E-state index in [2.05, 4.69) is 6.58 Å². The summed E-state index contributed by atoms with van der Waals surface area (Å²) in [5.41, 5.74) is 0. The van der Waals surface area contributed by atoms with Crippen LogP contribution in [0.1, 0.15) is 12.8 Å². The van der Waals surface area contributed by atoms with Crippen molar-refractivity contribution in [3.63, 3.8) is 0 Å². The molecule has 0 aliphatic carbocycles. The molecule has 0 rings (SSSR count). The monoisotopic (exact) mass is 207 g/mol. The van der Waals surface area contributed by atoms with Crippen molar-refractivity contribution in [3.8, 4) is 0 Å². The quantitative estimate of drug-likeness (QED) is 0.479. The Morgan fingerprint density at radius 3 is 2.62 bits per heavy atom. The van der Waals surface area contributed by atoms with E-state index in [0.29, 0.717) is 6.54 Å². The molecule has 78 valence electrons. The highest BCUT2D eigenvalue weighted by atomic mass is 32.2. The predicted molar refractivity (Wildman–Crippen MR) is 52.9 cm³/mol. The summed E-state index contributed by atoms with van der Waals surface area (Å²) in [4.78, 5) is 0. The molecule has 0 atom stereocenters. The van der Waals surface area contributed by atoms with Crippen LogP contribution in [0.2, 0.25) is 0 Å². The summed E-state index contributed by atoms with van der Waals surface area (Å²) in [6.07, 6.45) is 3.33. The summed E-state index contributed by atoms with van der Waals surface area (Å²) < 4.78 is 23.8. The van der Waals surface area contributed by atoms with Gasteiger partial charge in [0.05, 0.1) is 12.4 Å². The lowest BCUT2D eigenvalue weighted by Gasteiger charge is -2.15. The molecule has 0 aromatic carbocycles. The summed E-state index contributed by atoms with van der Waals surface area (Å²) in [6.45, 7) is 3.70. The molecule has 1 N–H and O–H groups in total. The lowest BCUT2D eigenvalue weighted by Crippen LogP contribution is -2.31. The number of sulfonamides is 1. The summed E-state index contributed by atoms with van der Waals surface area (Å²) >= 11 is 0. The Bertz CT molecular complexity index is 236. The average molecular weight is 207 g/mol. The Morgan fingerprint density at radius 1 is 1.54 bits per heavy atom. The van der Waals surface area contributed by atoms with E-state index < -0.39 is 10.0 Å². The van der Waals surface area contributed by atoms with Crippen LogP contribution < -0.4 is 0 Å². The molecule has 0 heterocycles. The van der Waals surface area contributed by atoms with Gasteiger partial charge in [0.2, 0.25) is 10.0 Å². The van der Waals surface area contributed by atoms with Crippen molar-refractivity contribution in [2.24, 2.45) is 0 Å². The highest BCUT2D eigenvalue weighted by molar-refractivity contribution is 7.89. The van der Waals surface area contributed by atoms with Crippen molar-refractivity contribution in [1.29, 1.82) is 0 Å². The van der Waals surface area contributed by atoms with Gasteiger partial charge < -0.3 is 5.11 Å². The van der Waals surface area contributed by atoms with E-state index in [1.165, 1.54) is 11.4 Å². The number of unbranched alkanes of at least 4 members (excludes halogenated alkanes) is 1. The van der Waals surface area contributed by atoms with Gasteiger partial charge in [0, 0.05) is 13.6 Å². The Kier molecular flexibility index (Phi) is 5.94. The largest absolute Gasteiger partial charge is 0.395 e. The fourth-order valence-corrected chi connectivity index (χ4v) is 1.82.